The first-order valence-corrected chi connectivity index (χ1v) is 6.67. The molecule has 86 valence electrons. The molecule has 0 amide bonds. The second kappa shape index (κ2) is 5.04. The second-order valence-electron chi connectivity index (χ2n) is 3.16. The van der Waals surface area contributed by atoms with Crippen LogP contribution >= 0.6 is 11.3 Å². The van der Waals surface area contributed by atoms with E-state index in [9.17, 15) is 8.42 Å². The lowest BCUT2D eigenvalue weighted by Crippen LogP contribution is -2.33. The van der Waals surface area contributed by atoms with Gasteiger partial charge in [0.05, 0.1) is 6.10 Å². The third-order valence-electron chi connectivity index (χ3n) is 1.77. The molecule has 0 aliphatic carbocycles. The van der Waals surface area contributed by atoms with E-state index in [-0.39, 0.29) is 12.6 Å². The number of sulfonamides is 1. The van der Waals surface area contributed by atoms with Gasteiger partial charge in [0.2, 0.25) is 10.0 Å². The Morgan fingerprint density at radius 1 is 1.60 bits per heavy atom. The lowest BCUT2D eigenvalue weighted by Gasteiger charge is -2.09. The van der Waals surface area contributed by atoms with Crippen LogP contribution in [0, 0.1) is 6.92 Å². The number of hydrogen-bond acceptors (Lipinski definition) is 5. The molecule has 1 rings (SSSR count). The molecule has 5 nitrogen and oxygen atoms in total. The number of nitrogens with two attached hydrogens (primary N) is 1. The van der Waals surface area contributed by atoms with Crippen LogP contribution in [0.3, 0.4) is 0 Å². The van der Waals surface area contributed by atoms with Gasteiger partial charge < -0.3 is 4.84 Å². The first kappa shape index (κ1) is 12.6. The van der Waals surface area contributed by atoms with E-state index in [2.05, 4.69) is 9.56 Å². The summed E-state index contributed by atoms with van der Waals surface area (Å²) in [7, 11) is -3.41. The van der Waals surface area contributed by atoms with Crippen LogP contribution < -0.4 is 10.6 Å². The van der Waals surface area contributed by atoms with Crippen LogP contribution in [0.15, 0.2) is 16.3 Å². The molecule has 0 radical (unpaired) electrons. The minimum atomic E-state index is -3.41. The van der Waals surface area contributed by atoms with Crippen molar-refractivity contribution in [3.05, 3.63) is 17.0 Å². The van der Waals surface area contributed by atoms with Crippen LogP contribution in [0.4, 0.5) is 0 Å². The molecule has 15 heavy (non-hydrogen) atoms. The van der Waals surface area contributed by atoms with Gasteiger partial charge in [-0.15, -0.1) is 11.3 Å². The van der Waals surface area contributed by atoms with E-state index in [1.54, 1.807) is 19.1 Å². The molecule has 0 fully saturated rings. The van der Waals surface area contributed by atoms with E-state index in [1.807, 2.05) is 6.92 Å². The number of rotatable bonds is 5. The summed E-state index contributed by atoms with van der Waals surface area (Å²) in [5.41, 5.74) is 0. The fraction of sp³-hybridized carbons (Fsp3) is 0.500. The normalized spacial score (nSPS) is 14.1. The molecule has 1 atom stereocenters. The van der Waals surface area contributed by atoms with Crippen molar-refractivity contribution in [2.24, 2.45) is 5.90 Å². The molecule has 1 aromatic rings. The van der Waals surface area contributed by atoms with E-state index in [0.717, 1.165) is 4.88 Å². The lowest BCUT2D eigenvalue weighted by atomic mass is 10.4. The van der Waals surface area contributed by atoms with Crippen molar-refractivity contribution >= 4 is 21.4 Å². The van der Waals surface area contributed by atoms with Crippen molar-refractivity contribution in [2.75, 3.05) is 6.54 Å². The third-order valence-corrected chi connectivity index (χ3v) is 4.69. The average Bonchev–Trinajstić information content (AvgIpc) is 2.62. The van der Waals surface area contributed by atoms with Crippen LogP contribution in [-0.4, -0.2) is 21.1 Å². The van der Waals surface area contributed by atoms with Crippen LogP contribution in [0.25, 0.3) is 0 Å². The summed E-state index contributed by atoms with van der Waals surface area (Å²) in [6.07, 6.45) is -0.346. The molecule has 0 aliphatic rings. The Labute approximate surface area is 93.2 Å². The highest BCUT2D eigenvalue weighted by Crippen LogP contribution is 2.20. The molecule has 0 spiro atoms. The van der Waals surface area contributed by atoms with Crippen LogP contribution in [0.5, 0.6) is 0 Å². The van der Waals surface area contributed by atoms with Crippen molar-refractivity contribution in [1.82, 2.24) is 4.72 Å². The summed E-state index contributed by atoms with van der Waals surface area (Å²) in [4.78, 5) is 5.42. The van der Waals surface area contributed by atoms with Gasteiger partial charge >= 0.3 is 0 Å². The monoisotopic (exact) mass is 250 g/mol. The standard InChI is InChI=1S/C8H14N2O3S2/c1-6(13-9)5-10-15(11,12)8-4-3-7(2)14-8/h3-4,6,10H,5,9H2,1-2H3. The Bertz CT molecular complexity index is 413. The second-order valence-corrected chi connectivity index (χ2v) is 6.45. The highest BCUT2D eigenvalue weighted by molar-refractivity contribution is 7.91. The maximum Gasteiger partial charge on any atom is 0.250 e. The molecule has 0 aliphatic heterocycles. The fourth-order valence-corrected chi connectivity index (χ4v) is 3.35. The fourth-order valence-electron chi connectivity index (χ4n) is 0.903. The molecule has 0 aromatic carbocycles. The molecule has 0 saturated carbocycles. The Hall–Kier alpha value is -0.470. The van der Waals surface area contributed by atoms with Crippen molar-refractivity contribution in [2.45, 2.75) is 24.2 Å². The van der Waals surface area contributed by atoms with Crippen LogP contribution in [-0.2, 0) is 14.9 Å². The molecular formula is C8H14N2O3S2. The number of nitrogens with one attached hydrogen (secondary N) is 1. The number of hydrogen-bond donors (Lipinski definition) is 2. The Morgan fingerprint density at radius 3 is 2.73 bits per heavy atom. The highest BCUT2D eigenvalue weighted by Gasteiger charge is 2.16. The highest BCUT2D eigenvalue weighted by atomic mass is 32.2. The molecule has 3 N–H and O–H groups in total. The van der Waals surface area contributed by atoms with Crippen molar-refractivity contribution in [1.29, 1.82) is 0 Å². The van der Waals surface area contributed by atoms with Gasteiger partial charge in [-0.05, 0) is 26.0 Å². The molecule has 7 heteroatoms. The summed E-state index contributed by atoms with van der Waals surface area (Å²) >= 11 is 1.23. The molecule has 0 saturated heterocycles. The van der Waals surface area contributed by atoms with E-state index in [1.165, 1.54) is 11.3 Å². The van der Waals surface area contributed by atoms with Gasteiger partial charge in [0, 0.05) is 11.4 Å². The first-order chi connectivity index (χ1) is 6.95. The van der Waals surface area contributed by atoms with Gasteiger partial charge in [-0.1, -0.05) is 0 Å². The molecular weight excluding hydrogens is 236 g/mol. The quantitative estimate of drug-likeness (QED) is 0.750. The molecule has 1 heterocycles. The largest absolute Gasteiger partial charge is 0.300 e. The minimum Gasteiger partial charge on any atom is -0.300 e. The topological polar surface area (TPSA) is 81.4 Å². The summed E-state index contributed by atoms with van der Waals surface area (Å²) in [6.45, 7) is 3.70. The zero-order valence-corrected chi connectivity index (χ0v) is 10.2. The van der Waals surface area contributed by atoms with Crippen LogP contribution in [0.1, 0.15) is 11.8 Å². The van der Waals surface area contributed by atoms with Gasteiger partial charge in [0.25, 0.3) is 0 Å². The molecule has 0 bridgehead atoms. The van der Waals surface area contributed by atoms with Gasteiger partial charge in [-0.3, -0.25) is 0 Å². The van der Waals surface area contributed by atoms with Gasteiger partial charge in [-0.2, -0.15) is 0 Å². The molecule has 1 unspecified atom stereocenters. The molecule has 1 aromatic heterocycles. The maximum absolute atomic E-state index is 11.7. The maximum atomic E-state index is 11.7. The Balaban J connectivity index is 2.68. The number of thiophene rings is 1. The van der Waals surface area contributed by atoms with Gasteiger partial charge in [0.1, 0.15) is 4.21 Å². The SMILES string of the molecule is Cc1ccc(S(=O)(=O)NCC(C)ON)s1. The van der Waals surface area contributed by atoms with Gasteiger partial charge in [0.15, 0.2) is 0 Å². The van der Waals surface area contributed by atoms with E-state index < -0.39 is 10.0 Å². The zero-order chi connectivity index (χ0) is 11.5. The average molecular weight is 250 g/mol. The minimum absolute atomic E-state index is 0.162. The predicted molar refractivity (Wildman–Crippen MR) is 59.0 cm³/mol. The summed E-state index contributed by atoms with van der Waals surface area (Å²) < 4.78 is 26.1. The Morgan fingerprint density at radius 2 is 2.27 bits per heavy atom. The van der Waals surface area contributed by atoms with E-state index >= 15 is 0 Å². The summed E-state index contributed by atoms with van der Waals surface area (Å²) in [5.74, 6) is 4.91. The predicted octanol–water partition coefficient (Wildman–Crippen LogP) is 0.614. The lowest BCUT2D eigenvalue weighted by molar-refractivity contribution is 0.0703. The smallest absolute Gasteiger partial charge is 0.250 e. The van der Waals surface area contributed by atoms with Crippen LogP contribution in [0.2, 0.25) is 0 Å². The van der Waals surface area contributed by atoms with Crippen molar-refractivity contribution in [3.63, 3.8) is 0 Å². The third kappa shape index (κ3) is 3.54. The van der Waals surface area contributed by atoms with E-state index in [4.69, 9.17) is 5.90 Å². The Kier molecular flexibility index (Phi) is 4.23. The van der Waals surface area contributed by atoms with E-state index in [0.29, 0.717) is 4.21 Å². The summed E-state index contributed by atoms with van der Waals surface area (Å²) in [6, 6.07) is 3.35. The zero-order valence-electron chi connectivity index (χ0n) is 8.56. The first-order valence-electron chi connectivity index (χ1n) is 4.37. The van der Waals surface area contributed by atoms with Gasteiger partial charge in [-0.25, -0.2) is 19.0 Å². The van der Waals surface area contributed by atoms with Crippen molar-refractivity contribution < 1.29 is 13.3 Å². The number of aryl methyl sites for hydroxylation is 1. The van der Waals surface area contributed by atoms with Crippen molar-refractivity contribution in [3.8, 4) is 0 Å². The summed E-state index contributed by atoms with van der Waals surface area (Å²) in [5, 5.41) is 0.